The van der Waals surface area contributed by atoms with Crippen molar-refractivity contribution in [1.82, 2.24) is 10.0 Å². The minimum atomic E-state index is -1.90. The molecular weight excluding hydrogens is 348 g/mol. The molecule has 8 nitrogen and oxygen atoms in total. The van der Waals surface area contributed by atoms with Gasteiger partial charge in [-0.2, -0.15) is 0 Å². The van der Waals surface area contributed by atoms with Crippen LogP contribution < -0.4 is 10.0 Å². The first-order valence-corrected chi connectivity index (χ1v) is 8.99. The van der Waals surface area contributed by atoms with Gasteiger partial charge in [-0.1, -0.05) is 6.08 Å². The number of furan rings is 1. The molecule has 1 aromatic heterocycles. The van der Waals surface area contributed by atoms with E-state index in [2.05, 4.69) is 10.0 Å². The first-order valence-electron chi connectivity index (χ1n) is 7.84. The molecule has 9 heteroatoms. The van der Waals surface area contributed by atoms with Crippen LogP contribution in [0.2, 0.25) is 0 Å². The highest BCUT2D eigenvalue weighted by molar-refractivity contribution is 7.89. The number of ether oxygens (including phenoxy) is 2. The second-order valence-electron chi connectivity index (χ2n) is 6.14. The largest absolute Gasteiger partial charge is 0.585 e. The number of urea groups is 1. The number of amides is 2. The van der Waals surface area contributed by atoms with Crippen LogP contribution in [0.3, 0.4) is 0 Å². The molecule has 136 valence electrons. The van der Waals surface area contributed by atoms with Gasteiger partial charge in [-0.15, -0.1) is 4.72 Å². The molecule has 3 rings (SSSR count). The minimum absolute atomic E-state index is 0.0436. The van der Waals surface area contributed by atoms with Gasteiger partial charge in [0.2, 0.25) is 0 Å². The molecule has 0 saturated heterocycles. The van der Waals surface area contributed by atoms with Crippen molar-refractivity contribution in [3.8, 4) is 0 Å². The van der Waals surface area contributed by atoms with Crippen LogP contribution >= 0.6 is 0 Å². The normalized spacial score (nSPS) is 18.5. The molecule has 0 saturated carbocycles. The first-order chi connectivity index (χ1) is 11.8. The van der Waals surface area contributed by atoms with Gasteiger partial charge in [-0.05, 0) is 20.3 Å². The Morgan fingerprint density at radius 1 is 1.36 bits per heavy atom. The average molecular weight is 368 g/mol. The number of allylic oxidation sites excluding steroid dienone is 2. The zero-order valence-corrected chi connectivity index (χ0v) is 14.8. The van der Waals surface area contributed by atoms with E-state index >= 15 is 0 Å². The summed E-state index contributed by atoms with van der Waals surface area (Å²) in [6.07, 6.45) is 4.57. The Kier molecular flexibility index (Phi) is 4.98. The minimum Gasteiger partial charge on any atom is -0.585 e. The summed E-state index contributed by atoms with van der Waals surface area (Å²) in [6, 6.07) is 0.781. The topological polar surface area (TPSA) is 116 Å². The number of hydrogen-bond donors (Lipinski definition) is 3. The highest BCUT2D eigenvalue weighted by Crippen LogP contribution is 2.28. The van der Waals surface area contributed by atoms with Crippen LogP contribution in [0.1, 0.15) is 32.3 Å². The van der Waals surface area contributed by atoms with Crippen molar-refractivity contribution in [2.24, 2.45) is 0 Å². The van der Waals surface area contributed by atoms with Gasteiger partial charge in [-0.25, -0.2) is 4.79 Å². The molecule has 0 bridgehead atoms. The lowest BCUT2D eigenvalue weighted by Crippen LogP contribution is -2.40. The maximum absolute atomic E-state index is 12.2. The predicted molar refractivity (Wildman–Crippen MR) is 88.3 cm³/mol. The number of nitrogens with one attached hydrogen (secondary N) is 2. The molecule has 0 radical (unpaired) electrons. The Balaban J connectivity index is 1.61. The lowest BCUT2D eigenvalue weighted by atomic mass is 10.0. The zero-order chi connectivity index (χ0) is 18.0. The fourth-order valence-corrected chi connectivity index (χ4v) is 3.12. The number of hydrogen-bond acceptors (Lipinski definition) is 6. The van der Waals surface area contributed by atoms with Crippen LogP contribution in [-0.2, 0) is 26.4 Å². The van der Waals surface area contributed by atoms with E-state index in [-0.39, 0.29) is 5.09 Å². The summed E-state index contributed by atoms with van der Waals surface area (Å²) >= 11 is -1.90. The van der Waals surface area contributed by atoms with Crippen molar-refractivity contribution in [2.75, 3.05) is 13.2 Å². The van der Waals surface area contributed by atoms with Gasteiger partial charge < -0.3 is 28.9 Å². The van der Waals surface area contributed by atoms with Crippen LogP contribution in [0.25, 0.3) is 0 Å². The molecule has 1 atom stereocenters. The second kappa shape index (κ2) is 7.03. The number of carbonyl (C=O) groups excluding carboxylic acids is 1. The Bertz CT molecular complexity index is 718. The molecule has 1 aliphatic carbocycles. The lowest BCUT2D eigenvalue weighted by Gasteiger charge is -2.26. The van der Waals surface area contributed by atoms with Crippen LogP contribution in [0, 0.1) is 0 Å². The van der Waals surface area contributed by atoms with Crippen molar-refractivity contribution in [3.63, 3.8) is 0 Å². The molecule has 1 aromatic rings. The third-order valence-corrected chi connectivity index (χ3v) is 4.67. The van der Waals surface area contributed by atoms with E-state index in [1.807, 2.05) is 6.08 Å². The Morgan fingerprint density at radius 3 is 2.84 bits per heavy atom. The average Bonchev–Trinajstić information content (AvgIpc) is 3.05. The van der Waals surface area contributed by atoms with Gasteiger partial charge >= 0.3 is 11.1 Å². The van der Waals surface area contributed by atoms with Gasteiger partial charge in [-0.3, -0.25) is 0 Å². The summed E-state index contributed by atoms with van der Waals surface area (Å²) in [5, 5.41) is 12.6. The summed E-state index contributed by atoms with van der Waals surface area (Å²) < 4.78 is 30.7. The maximum atomic E-state index is 12.2. The van der Waals surface area contributed by atoms with Crippen molar-refractivity contribution >= 4 is 17.4 Å². The summed E-state index contributed by atoms with van der Waals surface area (Å²) in [5.74, 6) is 1.23. The van der Waals surface area contributed by atoms with Crippen molar-refractivity contribution in [2.45, 2.75) is 37.4 Å². The van der Waals surface area contributed by atoms with Crippen LogP contribution in [0.5, 0.6) is 0 Å². The summed E-state index contributed by atoms with van der Waals surface area (Å²) in [5.41, 5.74) is -0.162. The number of carbonyl (C=O) groups is 1. The fourth-order valence-electron chi connectivity index (χ4n) is 2.43. The second-order valence-corrected chi connectivity index (χ2v) is 7.29. The molecule has 1 unspecified atom stereocenters. The van der Waals surface area contributed by atoms with Crippen LogP contribution in [0.15, 0.2) is 45.1 Å². The van der Waals surface area contributed by atoms with E-state index in [4.69, 9.17) is 13.9 Å². The molecule has 2 amide bonds. The SMILES string of the molecule is CC(C)(O)c1coc([S+]([O-])NC(=O)NC2=CCCC3=C2OCCO3)c1. The third kappa shape index (κ3) is 4.12. The molecule has 1 aliphatic heterocycles. The smallest absolute Gasteiger partial charge is 0.361 e. The summed E-state index contributed by atoms with van der Waals surface area (Å²) in [6.45, 7) is 4.07. The molecule has 25 heavy (non-hydrogen) atoms. The van der Waals surface area contributed by atoms with E-state index in [9.17, 15) is 14.5 Å². The molecule has 0 aromatic carbocycles. The Hall–Kier alpha value is -2.10. The van der Waals surface area contributed by atoms with E-state index in [1.165, 1.54) is 12.3 Å². The molecule has 2 aliphatic rings. The Labute approximate surface area is 148 Å². The van der Waals surface area contributed by atoms with Gasteiger partial charge in [0.1, 0.15) is 36.6 Å². The fraction of sp³-hybridized carbons (Fsp3) is 0.438. The Morgan fingerprint density at radius 2 is 2.12 bits per heavy atom. The first kappa shape index (κ1) is 17.7. The van der Waals surface area contributed by atoms with Gasteiger partial charge in [0.25, 0.3) is 0 Å². The van der Waals surface area contributed by atoms with Gasteiger partial charge in [0.05, 0.1) is 11.3 Å². The number of rotatable bonds is 4. The highest BCUT2D eigenvalue weighted by Gasteiger charge is 2.28. The van der Waals surface area contributed by atoms with Crippen molar-refractivity contribution < 1.29 is 28.3 Å². The van der Waals surface area contributed by atoms with Crippen LogP contribution in [-0.4, -0.2) is 28.9 Å². The van der Waals surface area contributed by atoms with E-state index in [0.29, 0.717) is 42.4 Å². The van der Waals surface area contributed by atoms with Crippen molar-refractivity contribution in [3.05, 3.63) is 41.2 Å². The van der Waals surface area contributed by atoms with E-state index in [1.54, 1.807) is 13.8 Å². The molecule has 2 heterocycles. The molecule has 0 spiro atoms. The van der Waals surface area contributed by atoms with E-state index in [0.717, 1.165) is 6.42 Å². The standard InChI is InChI=1S/C16H20N2O6S/c1-16(2,20)10-8-13(24-9-10)25(21)18-15(19)17-11-4-3-5-12-14(11)23-7-6-22-12/h4,8-9,20H,3,5-7H2,1-2H3,(H2,17,18,19). The molecule has 3 N–H and O–H groups in total. The van der Waals surface area contributed by atoms with Gasteiger partial charge in [0.15, 0.2) is 5.76 Å². The third-order valence-electron chi connectivity index (χ3n) is 3.72. The monoisotopic (exact) mass is 368 g/mol. The predicted octanol–water partition coefficient (Wildman–Crippen LogP) is 1.76. The summed E-state index contributed by atoms with van der Waals surface area (Å²) in [4.78, 5) is 12.1. The van der Waals surface area contributed by atoms with Gasteiger partial charge in [0, 0.05) is 18.1 Å². The quantitative estimate of drug-likeness (QED) is 0.698. The molecular formula is C16H20N2O6S. The van der Waals surface area contributed by atoms with Crippen LogP contribution in [0.4, 0.5) is 4.79 Å². The summed E-state index contributed by atoms with van der Waals surface area (Å²) in [7, 11) is 0. The maximum Gasteiger partial charge on any atom is 0.361 e. The van der Waals surface area contributed by atoms with E-state index < -0.39 is 23.0 Å². The zero-order valence-electron chi connectivity index (χ0n) is 14.0. The molecule has 0 fully saturated rings. The highest BCUT2D eigenvalue weighted by atomic mass is 32.2. The lowest BCUT2D eigenvalue weighted by molar-refractivity contribution is 0.0592. The number of aliphatic hydroxyl groups is 1. The van der Waals surface area contributed by atoms with Crippen molar-refractivity contribution in [1.29, 1.82) is 0 Å².